The summed E-state index contributed by atoms with van der Waals surface area (Å²) in [6.45, 7) is 8.96. The van der Waals surface area contributed by atoms with E-state index in [1.165, 1.54) is 32.8 Å². The van der Waals surface area contributed by atoms with E-state index < -0.39 is 0 Å². The van der Waals surface area contributed by atoms with Crippen LogP contribution < -0.4 is 10.6 Å². The number of nitrogens with one attached hydrogen (secondary N) is 2. The summed E-state index contributed by atoms with van der Waals surface area (Å²) in [5.74, 6) is -0.0774. The average molecular weight is 332 g/mol. The fourth-order valence-corrected chi connectivity index (χ4v) is 3.14. The lowest BCUT2D eigenvalue weighted by Gasteiger charge is -2.15. The van der Waals surface area contributed by atoms with Gasteiger partial charge in [-0.05, 0) is 42.7 Å². The lowest BCUT2D eigenvalue weighted by atomic mass is 9.97. The summed E-state index contributed by atoms with van der Waals surface area (Å²) >= 11 is 0. The molecule has 0 fully saturated rings. The monoisotopic (exact) mass is 332 g/mol. The smallest absolute Gasteiger partial charge is 0.246 e. The van der Waals surface area contributed by atoms with Crippen LogP contribution in [0.4, 0.5) is 5.69 Å². The van der Waals surface area contributed by atoms with Crippen LogP contribution in [-0.4, -0.2) is 19.0 Å². The van der Waals surface area contributed by atoms with Crippen molar-refractivity contribution in [3.8, 4) is 0 Å². The molecule has 0 spiro atoms. The molecule has 1 amide bonds. The Kier molecular flexibility index (Phi) is 5.03. The van der Waals surface area contributed by atoms with Gasteiger partial charge in [0.2, 0.25) is 5.91 Å². The zero-order valence-electron chi connectivity index (χ0n) is 14.9. The van der Waals surface area contributed by atoms with Crippen molar-refractivity contribution in [2.75, 3.05) is 18.4 Å². The van der Waals surface area contributed by atoms with E-state index in [2.05, 4.69) is 72.7 Å². The van der Waals surface area contributed by atoms with Gasteiger partial charge in [0.25, 0.3) is 0 Å². The normalized spacial score (nSPS) is 10.8. The van der Waals surface area contributed by atoms with Crippen LogP contribution in [0.3, 0.4) is 0 Å². The van der Waals surface area contributed by atoms with Gasteiger partial charge >= 0.3 is 0 Å². The second-order valence-corrected chi connectivity index (χ2v) is 6.46. The van der Waals surface area contributed by atoms with Gasteiger partial charge in [-0.2, -0.15) is 0 Å². The molecular formula is C22H24N2O. The minimum absolute atomic E-state index is 0.0774. The molecule has 0 aliphatic heterocycles. The molecule has 0 radical (unpaired) electrons. The molecule has 0 aromatic heterocycles. The summed E-state index contributed by atoms with van der Waals surface area (Å²) in [4.78, 5) is 11.5. The molecule has 0 aliphatic carbocycles. The Morgan fingerprint density at radius 1 is 1.04 bits per heavy atom. The van der Waals surface area contributed by atoms with Gasteiger partial charge in [0.1, 0.15) is 0 Å². The number of amides is 1. The molecule has 3 aromatic carbocycles. The largest absolute Gasteiger partial charge is 0.384 e. The van der Waals surface area contributed by atoms with Crippen LogP contribution in [0.2, 0.25) is 0 Å². The summed E-state index contributed by atoms with van der Waals surface area (Å²) in [6.07, 6.45) is 0.857. The molecule has 3 aromatic rings. The number of carbonyl (C=O) groups excluding carboxylic acids is 1. The summed E-state index contributed by atoms with van der Waals surface area (Å²) in [6, 6.07) is 17.1. The Hall–Kier alpha value is -2.81. The molecule has 0 atom stereocenters. The SMILES string of the molecule is C=C(C)C(=O)NCCCNc1c2ccccc2cc2cccc(C)c12. The molecule has 25 heavy (non-hydrogen) atoms. The number of rotatable bonds is 6. The van der Waals surface area contributed by atoms with Gasteiger partial charge in [-0.3, -0.25) is 4.79 Å². The zero-order chi connectivity index (χ0) is 17.8. The Morgan fingerprint density at radius 3 is 2.60 bits per heavy atom. The van der Waals surface area contributed by atoms with Crippen LogP contribution >= 0.6 is 0 Å². The quantitative estimate of drug-likeness (QED) is 0.387. The average Bonchev–Trinajstić information content (AvgIpc) is 2.60. The van der Waals surface area contributed by atoms with Gasteiger partial charge in [0.05, 0.1) is 5.69 Å². The number of benzene rings is 3. The molecule has 3 nitrogen and oxygen atoms in total. The Bertz CT molecular complexity index is 943. The second-order valence-electron chi connectivity index (χ2n) is 6.46. The van der Waals surface area contributed by atoms with Crippen molar-refractivity contribution in [3.63, 3.8) is 0 Å². The van der Waals surface area contributed by atoms with Gasteiger partial charge in [0.15, 0.2) is 0 Å². The molecule has 3 rings (SSSR count). The molecule has 0 unspecified atom stereocenters. The predicted octanol–water partition coefficient (Wildman–Crippen LogP) is 4.80. The summed E-state index contributed by atoms with van der Waals surface area (Å²) < 4.78 is 0. The number of aryl methyl sites for hydroxylation is 1. The Morgan fingerprint density at radius 2 is 1.80 bits per heavy atom. The maximum Gasteiger partial charge on any atom is 0.246 e. The first kappa shape index (κ1) is 17.0. The van der Waals surface area contributed by atoms with Crippen LogP contribution in [0.15, 0.2) is 60.7 Å². The Labute approximate surface area is 148 Å². The van der Waals surface area contributed by atoms with Crippen molar-refractivity contribution < 1.29 is 4.79 Å². The van der Waals surface area contributed by atoms with E-state index >= 15 is 0 Å². The van der Waals surface area contributed by atoms with Crippen LogP contribution in [0.5, 0.6) is 0 Å². The summed E-state index contributed by atoms with van der Waals surface area (Å²) in [5.41, 5.74) is 2.99. The molecule has 0 heterocycles. The van der Waals surface area contributed by atoms with Crippen LogP contribution in [0, 0.1) is 6.92 Å². The highest BCUT2D eigenvalue weighted by molar-refractivity contribution is 6.12. The first-order chi connectivity index (χ1) is 12.1. The lowest BCUT2D eigenvalue weighted by Crippen LogP contribution is -2.26. The number of carbonyl (C=O) groups is 1. The van der Waals surface area contributed by atoms with Crippen LogP contribution in [0.1, 0.15) is 18.9 Å². The number of hydrogen-bond donors (Lipinski definition) is 2. The lowest BCUT2D eigenvalue weighted by molar-refractivity contribution is -0.117. The van der Waals surface area contributed by atoms with Crippen molar-refractivity contribution >= 4 is 33.1 Å². The summed E-state index contributed by atoms with van der Waals surface area (Å²) in [5, 5.41) is 11.5. The molecule has 0 bridgehead atoms. The third kappa shape index (κ3) is 3.66. The Balaban J connectivity index is 1.83. The van der Waals surface area contributed by atoms with Crippen molar-refractivity contribution in [1.29, 1.82) is 0 Å². The van der Waals surface area contributed by atoms with Crippen molar-refractivity contribution in [3.05, 3.63) is 66.2 Å². The highest BCUT2D eigenvalue weighted by Crippen LogP contribution is 2.34. The van der Waals surface area contributed by atoms with Crippen molar-refractivity contribution in [2.45, 2.75) is 20.3 Å². The fourth-order valence-electron chi connectivity index (χ4n) is 3.14. The third-order valence-corrected chi connectivity index (χ3v) is 4.42. The molecule has 2 N–H and O–H groups in total. The highest BCUT2D eigenvalue weighted by atomic mass is 16.1. The van der Waals surface area contributed by atoms with Crippen LogP contribution in [0.25, 0.3) is 21.5 Å². The number of anilines is 1. The molecule has 0 aliphatic rings. The predicted molar refractivity (Wildman–Crippen MR) is 107 cm³/mol. The van der Waals surface area contributed by atoms with E-state index in [9.17, 15) is 4.79 Å². The number of fused-ring (bicyclic) bond motifs is 2. The van der Waals surface area contributed by atoms with E-state index in [0.29, 0.717) is 12.1 Å². The molecule has 3 heteroatoms. The van der Waals surface area contributed by atoms with Crippen LogP contribution in [-0.2, 0) is 4.79 Å². The van der Waals surface area contributed by atoms with Gasteiger partial charge < -0.3 is 10.6 Å². The molecule has 0 saturated carbocycles. The topological polar surface area (TPSA) is 41.1 Å². The standard InChI is InChI=1S/C22H24N2O/c1-15(2)22(25)24-13-7-12-23-21-19-11-5-4-9-17(19)14-18-10-6-8-16(3)20(18)21/h4-6,8-11,14,23H,1,7,12-13H2,2-3H3,(H,24,25). The maximum atomic E-state index is 11.5. The first-order valence-corrected chi connectivity index (χ1v) is 8.66. The second kappa shape index (κ2) is 7.39. The van der Waals surface area contributed by atoms with E-state index in [-0.39, 0.29) is 5.91 Å². The van der Waals surface area contributed by atoms with E-state index in [4.69, 9.17) is 0 Å². The fraction of sp³-hybridized carbons (Fsp3) is 0.227. The molecule has 0 saturated heterocycles. The van der Waals surface area contributed by atoms with Gasteiger partial charge in [-0.25, -0.2) is 0 Å². The van der Waals surface area contributed by atoms with Crippen molar-refractivity contribution in [1.82, 2.24) is 5.32 Å². The number of hydrogen-bond acceptors (Lipinski definition) is 2. The minimum atomic E-state index is -0.0774. The molecular weight excluding hydrogens is 308 g/mol. The third-order valence-electron chi connectivity index (χ3n) is 4.42. The van der Waals surface area contributed by atoms with E-state index in [0.717, 1.165) is 13.0 Å². The van der Waals surface area contributed by atoms with Gasteiger partial charge in [0, 0.05) is 29.4 Å². The van der Waals surface area contributed by atoms with E-state index in [1.54, 1.807) is 6.92 Å². The van der Waals surface area contributed by atoms with Crippen molar-refractivity contribution in [2.24, 2.45) is 0 Å². The van der Waals surface area contributed by atoms with E-state index in [1.807, 2.05) is 0 Å². The minimum Gasteiger partial charge on any atom is -0.384 e. The maximum absolute atomic E-state index is 11.5. The highest BCUT2D eigenvalue weighted by Gasteiger charge is 2.09. The molecule has 128 valence electrons. The van der Waals surface area contributed by atoms with Gasteiger partial charge in [-0.1, -0.05) is 49.0 Å². The first-order valence-electron chi connectivity index (χ1n) is 8.66. The zero-order valence-corrected chi connectivity index (χ0v) is 14.9. The summed E-state index contributed by atoms with van der Waals surface area (Å²) in [7, 11) is 0. The van der Waals surface area contributed by atoms with Gasteiger partial charge in [-0.15, -0.1) is 0 Å².